The SMILES string of the molecule is COc1cc2c(cc1OCC1CO1)CCN(C(C)=O)C2. The van der Waals surface area contributed by atoms with E-state index in [1.54, 1.807) is 14.0 Å². The monoisotopic (exact) mass is 277 g/mol. The molecule has 0 saturated carbocycles. The van der Waals surface area contributed by atoms with E-state index in [2.05, 4.69) is 0 Å². The van der Waals surface area contributed by atoms with Gasteiger partial charge in [-0.15, -0.1) is 0 Å². The maximum atomic E-state index is 11.5. The van der Waals surface area contributed by atoms with E-state index in [0.29, 0.717) is 13.2 Å². The van der Waals surface area contributed by atoms with Crippen LogP contribution in [0.25, 0.3) is 0 Å². The third-order valence-electron chi connectivity index (χ3n) is 3.77. The molecule has 1 atom stereocenters. The summed E-state index contributed by atoms with van der Waals surface area (Å²) in [6.07, 6.45) is 1.08. The molecule has 1 unspecified atom stereocenters. The van der Waals surface area contributed by atoms with Crippen LogP contribution in [0.4, 0.5) is 0 Å². The van der Waals surface area contributed by atoms with Crippen molar-refractivity contribution in [3.63, 3.8) is 0 Å². The molecule has 1 aromatic rings. The molecule has 5 nitrogen and oxygen atoms in total. The van der Waals surface area contributed by atoms with Crippen molar-refractivity contribution in [1.29, 1.82) is 0 Å². The van der Waals surface area contributed by atoms with Crippen LogP contribution in [0.1, 0.15) is 18.1 Å². The molecule has 3 rings (SSSR count). The highest BCUT2D eigenvalue weighted by atomic mass is 16.6. The lowest BCUT2D eigenvalue weighted by atomic mass is 9.99. The molecule has 1 aromatic carbocycles. The molecule has 1 amide bonds. The number of carbonyl (C=O) groups excluding carboxylic acids is 1. The molecule has 2 heterocycles. The fourth-order valence-electron chi connectivity index (χ4n) is 2.45. The summed E-state index contributed by atoms with van der Waals surface area (Å²) in [6, 6.07) is 4.02. The number of methoxy groups -OCH3 is 1. The van der Waals surface area contributed by atoms with E-state index in [4.69, 9.17) is 14.2 Å². The molecular weight excluding hydrogens is 258 g/mol. The molecule has 2 aliphatic heterocycles. The number of amides is 1. The Bertz CT molecular complexity index is 525. The zero-order valence-corrected chi connectivity index (χ0v) is 11.8. The Morgan fingerprint density at radius 3 is 2.80 bits per heavy atom. The van der Waals surface area contributed by atoms with Crippen molar-refractivity contribution in [3.8, 4) is 11.5 Å². The number of nitrogens with zero attached hydrogens (tertiary/aromatic N) is 1. The van der Waals surface area contributed by atoms with Crippen molar-refractivity contribution >= 4 is 5.91 Å². The molecule has 108 valence electrons. The van der Waals surface area contributed by atoms with Gasteiger partial charge in [0.1, 0.15) is 12.7 Å². The summed E-state index contributed by atoms with van der Waals surface area (Å²) in [5.41, 5.74) is 2.37. The molecule has 1 saturated heterocycles. The summed E-state index contributed by atoms with van der Waals surface area (Å²) >= 11 is 0. The molecule has 0 aliphatic carbocycles. The van der Waals surface area contributed by atoms with Crippen LogP contribution in [0, 0.1) is 0 Å². The molecule has 0 N–H and O–H groups in total. The molecule has 0 bridgehead atoms. The van der Waals surface area contributed by atoms with Crippen LogP contribution in [0.5, 0.6) is 11.5 Å². The Morgan fingerprint density at radius 1 is 1.40 bits per heavy atom. The first-order chi connectivity index (χ1) is 9.67. The van der Waals surface area contributed by atoms with Crippen molar-refractivity contribution in [2.75, 3.05) is 26.9 Å². The van der Waals surface area contributed by atoms with Crippen LogP contribution in [0.3, 0.4) is 0 Å². The van der Waals surface area contributed by atoms with Gasteiger partial charge in [-0.2, -0.15) is 0 Å². The smallest absolute Gasteiger partial charge is 0.219 e. The van der Waals surface area contributed by atoms with Crippen molar-refractivity contribution in [3.05, 3.63) is 23.3 Å². The molecule has 1 fully saturated rings. The number of ether oxygens (including phenoxy) is 3. The lowest BCUT2D eigenvalue weighted by Gasteiger charge is -2.28. The van der Waals surface area contributed by atoms with Gasteiger partial charge >= 0.3 is 0 Å². The van der Waals surface area contributed by atoms with E-state index < -0.39 is 0 Å². The van der Waals surface area contributed by atoms with E-state index in [0.717, 1.165) is 36.6 Å². The van der Waals surface area contributed by atoms with Gasteiger partial charge in [0, 0.05) is 20.0 Å². The second-order valence-electron chi connectivity index (χ2n) is 5.23. The van der Waals surface area contributed by atoms with Gasteiger partial charge in [0.2, 0.25) is 5.91 Å². The summed E-state index contributed by atoms with van der Waals surface area (Å²) in [5.74, 6) is 1.59. The number of hydrogen-bond donors (Lipinski definition) is 0. The Balaban J connectivity index is 1.81. The molecule has 0 radical (unpaired) electrons. The molecule has 5 heteroatoms. The summed E-state index contributed by atoms with van der Waals surface area (Å²) in [7, 11) is 1.63. The van der Waals surface area contributed by atoms with Gasteiger partial charge in [0.05, 0.1) is 13.7 Å². The van der Waals surface area contributed by atoms with E-state index in [1.807, 2.05) is 17.0 Å². The standard InChI is InChI=1S/C15H19NO4/c1-10(17)16-4-3-11-5-15(20-9-13-8-19-13)14(18-2)6-12(11)7-16/h5-6,13H,3-4,7-9H2,1-2H3. The van der Waals surface area contributed by atoms with Gasteiger partial charge in [-0.3, -0.25) is 4.79 Å². The van der Waals surface area contributed by atoms with Crippen LogP contribution in [0.15, 0.2) is 12.1 Å². The molecule has 0 aromatic heterocycles. The fourth-order valence-corrected chi connectivity index (χ4v) is 2.45. The number of rotatable bonds is 4. The summed E-state index contributed by atoms with van der Waals surface area (Å²) in [5, 5.41) is 0. The minimum atomic E-state index is 0.112. The van der Waals surface area contributed by atoms with Gasteiger partial charge in [0.25, 0.3) is 0 Å². The Hall–Kier alpha value is -1.75. The first-order valence-electron chi connectivity index (χ1n) is 6.87. The lowest BCUT2D eigenvalue weighted by molar-refractivity contribution is -0.129. The van der Waals surface area contributed by atoms with E-state index in [-0.39, 0.29) is 12.0 Å². The Kier molecular flexibility index (Phi) is 3.53. The predicted octanol–water partition coefficient (Wildman–Crippen LogP) is 1.38. The maximum Gasteiger partial charge on any atom is 0.219 e. The Morgan fingerprint density at radius 2 is 2.15 bits per heavy atom. The van der Waals surface area contributed by atoms with E-state index >= 15 is 0 Å². The zero-order valence-electron chi connectivity index (χ0n) is 11.8. The average Bonchev–Trinajstić information content (AvgIpc) is 3.27. The Labute approximate surface area is 118 Å². The normalized spacial score (nSPS) is 20.3. The summed E-state index contributed by atoms with van der Waals surface area (Å²) < 4.78 is 16.3. The number of benzene rings is 1. The van der Waals surface area contributed by atoms with Crippen LogP contribution in [0.2, 0.25) is 0 Å². The van der Waals surface area contributed by atoms with Crippen molar-refractivity contribution in [1.82, 2.24) is 4.90 Å². The summed E-state index contributed by atoms with van der Waals surface area (Å²) in [4.78, 5) is 13.3. The van der Waals surface area contributed by atoms with Crippen molar-refractivity contribution < 1.29 is 19.0 Å². The van der Waals surface area contributed by atoms with Crippen LogP contribution < -0.4 is 9.47 Å². The van der Waals surface area contributed by atoms with Crippen LogP contribution in [-0.4, -0.2) is 43.8 Å². The van der Waals surface area contributed by atoms with Crippen molar-refractivity contribution in [2.24, 2.45) is 0 Å². The highest BCUT2D eigenvalue weighted by molar-refractivity contribution is 5.73. The number of fused-ring (bicyclic) bond motifs is 1. The first kappa shape index (κ1) is 13.2. The average molecular weight is 277 g/mol. The first-order valence-corrected chi connectivity index (χ1v) is 6.87. The van der Waals surface area contributed by atoms with Crippen LogP contribution >= 0.6 is 0 Å². The second kappa shape index (κ2) is 5.32. The molecular formula is C15H19NO4. The highest BCUT2D eigenvalue weighted by Gasteiger charge is 2.25. The topological polar surface area (TPSA) is 51.3 Å². The highest BCUT2D eigenvalue weighted by Crippen LogP contribution is 2.34. The summed E-state index contributed by atoms with van der Waals surface area (Å²) in [6.45, 7) is 4.36. The lowest BCUT2D eigenvalue weighted by Crippen LogP contribution is -2.34. The minimum absolute atomic E-state index is 0.112. The largest absolute Gasteiger partial charge is 0.493 e. The van der Waals surface area contributed by atoms with Crippen molar-refractivity contribution in [2.45, 2.75) is 26.0 Å². The van der Waals surface area contributed by atoms with E-state index in [9.17, 15) is 4.79 Å². The quantitative estimate of drug-likeness (QED) is 0.780. The minimum Gasteiger partial charge on any atom is -0.493 e. The van der Waals surface area contributed by atoms with Gasteiger partial charge in [0.15, 0.2) is 11.5 Å². The fraction of sp³-hybridized carbons (Fsp3) is 0.533. The van der Waals surface area contributed by atoms with Gasteiger partial charge in [-0.1, -0.05) is 0 Å². The van der Waals surface area contributed by atoms with E-state index in [1.165, 1.54) is 5.56 Å². The second-order valence-corrected chi connectivity index (χ2v) is 5.23. The molecule has 0 spiro atoms. The molecule has 20 heavy (non-hydrogen) atoms. The van der Waals surface area contributed by atoms with Crippen LogP contribution in [-0.2, 0) is 22.5 Å². The molecule has 2 aliphatic rings. The maximum absolute atomic E-state index is 11.5. The zero-order chi connectivity index (χ0) is 14.1. The van der Waals surface area contributed by atoms with Gasteiger partial charge < -0.3 is 19.1 Å². The number of epoxide rings is 1. The predicted molar refractivity (Wildman–Crippen MR) is 73.0 cm³/mol. The third kappa shape index (κ3) is 2.72. The van der Waals surface area contributed by atoms with Gasteiger partial charge in [-0.05, 0) is 29.7 Å². The third-order valence-corrected chi connectivity index (χ3v) is 3.77. The number of carbonyl (C=O) groups is 1. The van der Waals surface area contributed by atoms with Gasteiger partial charge in [-0.25, -0.2) is 0 Å². The number of hydrogen-bond acceptors (Lipinski definition) is 4.